The van der Waals surface area contributed by atoms with Gasteiger partial charge in [-0.2, -0.15) is 0 Å². The lowest BCUT2D eigenvalue weighted by Crippen LogP contribution is -2.16. The van der Waals surface area contributed by atoms with E-state index in [4.69, 9.17) is 0 Å². The third-order valence-corrected chi connectivity index (χ3v) is 2.46. The summed E-state index contributed by atoms with van der Waals surface area (Å²) in [6.45, 7) is 1.95. The number of pyridine rings is 2. The molecule has 4 heteroatoms. The molecule has 0 fully saturated rings. The van der Waals surface area contributed by atoms with E-state index in [1.165, 1.54) is 0 Å². The summed E-state index contributed by atoms with van der Waals surface area (Å²) in [4.78, 5) is 15.6. The molecule has 0 saturated carbocycles. The van der Waals surface area contributed by atoms with E-state index < -0.39 is 0 Å². The third-order valence-electron chi connectivity index (χ3n) is 2.03. The maximum atomic E-state index is 11.6. The van der Waals surface area contributed by atoms with E-state index in [-0.39, 0.29) is 5.56 Å². The van der Waals surface area contributed by atoms with Gasteiger partial charge in [-0.3, -0.25) is 14.3 Å². The van der Waals surface area contributed by atoms with Gasteiger partial charge in [-0.15, -0.1) is 0 Å². The summed E-state index contributed by atoms with van der Waals surface area (Å²) >= 11 is 3.32. The normalized spacial score (nSPS) is 10.3. The van der Waals surface area contributed by atoms with E-state index in [0.29, 0.717) is 0 Å². The first-order valence-corrected chi connectivity index (χ1v) is 5.26. The van der Waals surface area contributed by atoms with Crippen molar-refractivity contribution in [3.63, 3.8) is 0 Å². The molecule has 2 aromatic heterocycles. The second kappa shape index (κ2) is 3.98. The monoisotopic (exact) mass is 264 g/mol. The van der Waals surface area contributed by atoms with Gasteiger partial charge in [-0.1, -0.05) is 6.07 Å². The van der Waals surface area contributed by atoms with Gasteiger partial charge in [0.25, 0.3) is 5.56 Å². The van der Waals surface area contributed by atoms with Crippen molar-refractivity contribution in [2.24, 2.45) is 0 Å². The Kier molecular flexibility index (Phi) is 2.68. The van der Waals surface area contributed by atoms with Crippen LogP contribution >= 0.6 is 15.9 Å². The summed E-state index contributed by atoms with van der Waals surface area (Å²) in [6.07, 6.45) is 5.14. The van der Waals surface area contributed by atoms with Crippen LogP contribution in [-0.2, 0) is 0 Å². The SMILES string of the molecule is Cc1ccc(=O)n(-c2cncc(Br)c2)c1. The number of aromatic nitrogens is 2. The number of aryl methyl sites for hydroxylation is 1. The largest absolute Gasteiger partial charge is 0.282 e. The Hall–Kier alpha value is -1.42. The lowest BCUT2D eigenvalue weighted by atomic mass is 10.3. The van der Waals surface area contributed by atoms with Crippen molar-refractivity contribution in [3.05, 3.63) is 57.2 Å². The highest BCUT2D eigenvalue weighted by Crippen LogP contribution is 2.12. The summed E-state index contributed by atoms with van der Waals surface area (Å²) in [7, 11) is 0. The predicted molar refractivity (Wildman–Crippen MR) is 62.3 cm³/mol. The zero-order valence-corrected chi connectivity index (χ0v) is 9.73. The van der Waals surface area contributed by atoms with Gasteiger partial charge in [0.05, 0.1) is 11.9 Å². The Morgan fingerprint density at radius 3 is 2.87 bits per heavy atom. The standard InChI is InChI=1S/C11H9BrN2O/c1-8-2-3-11(15)14(7-8)10-4-9(12)5-13-6-10/h2-7H,1H3. The third kappa shape index (κ3) is 2.15. The van der Waals surface area contributed by atoms with Crippen LogP contribution < -0.4 is 5.56 Å². The van der Waals surface area contributed by atoms with Gasteiger partial charge in [0.2, 0.25) is 0 Å². The van der Waals surface area contributed by atoms with Crippen LogP contribution in [0.2, 0.25) is 0 Å². The molecule has 0 spiro atoms. The van der Waals surface area contributed by atoms with Crippen molar-refractivity contribution < 1.29 is 0 Å². The van der Waals surface area contributed by atoms with E-state index >= 15 is 0 Å². The average molecular weight is 265 g/mol. The first-order valence-electron chi connectivity index (χ1n) is 4.47. The van der Waals surface area contributed by atoms with Crippen LogP contribution in [0.15, 0.2) is 46.1 Å². The Bertz CT molecular complexity index is 548. The molecule has 0 radical (unpaired) electrons. The fourth-order valence-electron chi connectivity index (χ4n) is 1.33. The Labute approximate surface area is 95.5 Å². The van der Waals surface area contributed by atoms with Gasteiger partial charge >= 0.3 is 0 Å². The van der Waals surface area contributed by atoms with Crippen molar-refractivity contribution in [3.8, 4) is 5.69 Å². The molecule has 0 aliphatic rings. The molecular weight excluding hydrogens is 256 g/mol. The zero-order valence-electron chi connectivity index (χ0n) is 8.14. The Morgan fingerprint density at radius 1 is 1.33 bits per heavy atom. The second-order valence-corrected chi connectivity index (χ2v) is 4.19. The van der Waals surface area contributed by atoms with E-state index in [2.05, 4.69) is 20.9 Å². The summed E-state index contributed by atoms with van der Waals surface area (Å²) in [5.41, 5.74) is 1.74. The molecule has 0 atom stereocenters. The molecule has 0 saturated heterocycles. The highest BCUT2D eigenvalue weighted by Gasteiger charge is 2.00. The van der Waals surface area contributed by atoms with Crippen LogP contribution in [0.25, 0.3) is 5.69 Å². The summed E-state index contributed by atoms with van der Waals surface area (Å²) in [5, 5.41) is 0. The van der Waals surface area contributed by atoms with Crippen LogP contribution in [0.5, 0.6) is 0 Å². The first-order chi connectivity index (χ1) is 7.16. The number of rotatable bonds is 1. The fourth-order valence-corrected chi connectivity index (χ4v) is 1.68. The molecule has 2 aromatic rings. The van der Waals surface area contributed by atoms with E-state index in [1.54, 1.807) is 35.3 Å². The lowest BCUT2D eigenvalue weighted by molar-refractivity contribution is 0.964. The highest BCUT2D eigenvalue weighted by molar-refractivity contribution is 9.10. The van der Waals surface area contributed by atoms with Crippen molar-refractivity contribution >= 4 is 15.9 Å². The van der Waals surface area contributed by atoms with Crippen LogP contribution in [0.1, 0.15) is 5.56 Å². The number of halogens is 1. The minimum Gasteiger partial charge on any atom is -0.282 e. The molecule has 0 unspecified atom stereocenters. The summed E-state index contributed by atoms with van der Waals surface area (Å²) in [6, 6.07) is 5.20. The lowest BCUT2D eigenvalue weighted by Gasteiger charge is -2.05. The summed E-state index contributed by atoms with van der Waals surface area (Å²) in [5.74, 6) is 0. The van der Waals surface area contributed by atoms with Crippen LogP contribution in [0.3, 0.4) is 0 Å². The molecule has 0 aliphatic heterocycles. The fraction of sp³-hybridized carbons (Fsp3) is 0.0909. The van der Waals surface area contributed by atoms with Crippen LogP contribution in [0, 0.1) is 6.92 Å². The maximum absolute atomic E-state index is 11.6. The molecule has 2 heterocycles. The maximum Gasteiger partial charge on any atom is 0.255 e. The van der Waals surface area contributed by atoms with Gasteiger partial charge in [0.1, 0.15) is 0 Å². The predicted octanol–water partition coefficient (Wildman–Crippen LogP) is 2.30. The molecule has 0 N–H and O–H groups in total. The van der Waals surface area contributed by atoms with E-state index in [9.17, 15) is 4.79 Å². The molecule has 76 valence electrons. The molecule has 0 amide bonds. The molecule has 0 aliphatic carbocycles. The average Bonchev–Trinajstić information content (AvgIpc) is 2.22. The smallest absolute Gasteiger partial charge is 0.255 e. The first kappa shape index (κ1) is 10.1. The molecule has 2 rings (SSSR count). The van der Waals surface area contributed by atoms with Gasteiger partial charge in [0.15, 0.2) is 0 Å². The van der Waals surface area contributed by atoms with Crippen molar-refractivity contribution in [1.29, 1.82) is 0 Å². The Balaban J connectivity index is 2.63. The molecule has 3 nitrogen and oxygen atoms in total. The molecule has 15 heavy (non-hydrogen) atoms. The number of hydrogen-bond acceptors (Lipinski definition) is 2. The highest BCUT2D eigenvalue weighted by atomic mass is 79.9. The molecular formula is C11H9BrN2O. The minimum absolute atomic E-state index is 0.0551. The van der Waals surface area contributed by atoms with Gasteiger partial charge in [-0.25, -0.2) is 0 Å². The second-order valence-electron chi connectivity index (χ2n) is 3.28. The van der Waals surface area contributed by atoms with Crippen molar-refractivity contribution in [1.82, 2.24) is 9.55 Å². The van der Waals surface area contributed by atoms with E-state index in [1.807, 2.05) is 13.0 Å². The zero-order chi connectivity index (χ0) is 10.8. The number of hydrogen-bond donors (Lipinski definition) is 0. The van der Waals surface area contributed by atoms with Crippen molar-refractivity contribution in [2.75, 3.05) is 0 Å². The molecule has 0 aromatic carbocycles. The van der Waals surface area contributed by atoms with Gasteiger partial charge in [-0.05, 0) is 34.5 Å². The van der Waals surface area contributed by atoms with Crippen molar-refractivity contribution in [2.45, 2.75) is 6.92 Å². The summed E-state index contributed by atoms with van der Waals surface area (Å²) < 4.78 is 2.43. The van der Waals surface area contributed by atoms with Gasteiger partial charge in [0, 0.05) is 22.9 Å². The number of nitrogens with zero attached hydrogens (tertiary/aromatic N) is 2. The van der Waals surface area contributed by atoms with E-state index in [0.717, 1.165) is 15.7 Å². The van der Waals surface area contributed by atoms with Crippen LogP contribution in [0.4, 0.5) is 0 Å². The van der Waals surface area contributed by atoms with Crippen LogP contribution in [-0.4, -0.2) is 9.55 Å². The molecule has 0 bridgehead atoms. The minimum atomic E-state index is -0.0551. The topological polar surface area (TPSA) is 34.9 Å². The Morgan fingerprint density at radius 2 is 2.13 bits per heavy atom. The quantitative estimate of drug-likeness (QED) is 0.793. The van der Waals surface area contributed by atoms with Gasteiger partial charge < -0.3 is 0 Å².